The molecule has 1 aromatic heterocycles. The molecule has 0 spiro atoms. The van der Waals surface area contributed by atoms with Crippen LogP contribution in [0.5, 0.6) is 0 Å². The van der Waals surface area contributed by atoms with E-state index < -0.39 is 5.91 Å². The van der Waals surface area contributed by atoms with E-state index in [9.17, 15) is 4.79 Å². The lowest BCUT2D eigenvalue weighted by molar-refractivity contribution is -0.114. The number of aromatic nitrogens is 1. The molecule has 3 heterocycles. The summed E-state index contributed by atoms with van der Waals surface area (Å²) in [7, 11) is 0. The van der Waals surface area contributed by atoms with Crippen molar-refractivity contribution in [1.29, 1.82) is 5.41 Å². The number of para-hydroxylation sites is 1. The molecule has 2 aliphatic heterocycles. The molecule has 35 heavy (non-hydrogen) atoms. The van der Waals surface area contributed by atoms with Gasteiger partial charge in [-0.3, -0.25) is 10.2 Å². The number of aliphatic imine (C=N–C) groups is 1. The lowest BCUT2D eigenvalue weighted by Gasteiger charge is -2.20. The molecule has 3 aromatic carbocycles. The quantitative estimate of drug-likeness (QED) is 0.387. The number of thioether (sulfide) groups is 1. The van der Waals surface area contributed by atoms with Crippen molar-refractivity contribution in [2.45, 2.75) is 13.5 Å². The Bertz CT molecular complexity index is 1580. The number of rotatable bonds is 4. The number of amidine groups is 2. The Labute approximate surface area is 206 Å². The number of carbonyl (C=O) groups is 1. The van der Waals surface area contributed by atoms with Crippen LogP contribution >= 0.6 is 11.8 Å². The van der Waals surface area contributed by atoms with Gasteiger partial charge in [-0.2, -0.15) is 15.1 Å². The first-order valence-electron chi connectivity index (χ1n) is 11.3. The number of benzene rings is 3. The van der Waals surface area contributed by atoms with Crippen LogP contribution in [-0.2, 0) is 11.3 Å². The van der Waals surface area contributed by atoms with E-state index in [0.29, 0.717) is 11.7 Å². The third kappa shape index (κ3) is 3.90. The Morgan fingerprint density at radius 2 is 1.71 bits per heavy atom. The van der Waals surface area contributed by atoms with Gasteiger partial charge in [-0.1, -0.05) is 78.4 Å². The average Bonchev–Trinajstić information content (AvgIpc) is 3.45. The van der Waals surface area contributed by atoms with Crippen molar-refractivity contribution in [2.24, 2.45) is 10.1 Å². The van der Waals surface area contributed by atoms with E-state index in [2.05, 4.69) is 32.9 Å². The Balaban J connectivity index is 1.37. The lowest BCUT2D eigenvalue weighted by atomic mass is 10.1. The monoisotopic (exact) mass is 475 g/mol. The zero-order valence-corrected chi connectivity index (χ0v) is 19.8. The van der Waals surface area contributed by atoms with Crippen LogP contribution in [0.3, 0.4) is 0 Å². The Morgan fingerprint density at radius 1 is 0.971 bits per heavy atom. The SMILES string of the molecule is Cc1ccc(C2=NN3C(=N)C(=Cc4cn(Cc5ccccc5)c5ccccc45)C(=O)N=C3S2)cc1. The van der Waals surface area contributed by atoms with E-state index in [4.69, 9.17) is 5.41 Å². The maximum Gasteiger partial charge on any atom is 0.283 e. The van der Waals surface area contributed by atoms with E-state index in [0.717, 1.165) is 32.6 Å². The standard InChI is InChI=1S/C28H21N5OS/c1-18-11-13-20(14-12-18)27-31-33-25(29)23(26(34)30-28(33)35-27)15-21-17-32(16-19-7-3-2-4-8-19)24-10-6-5-9-22(21)24/h2-15,17,29H,16H2,1H3. The highest BCUT2D eigenvalue weighted by Gasteiger charge is 2.36. The molecule has 6 nitrogen and oxygen atoms in total. The maximum atomic E-state index is 13.0. The van der Waals surface area contributed by atoms with Crippen LogP contribution in [0.15, 0.2) is 101 Å². The topological polar surface area (TPSA) is 73.8 Å². The van der Waals surface area contributed by atoms with Crippen LogP contribution in [0, 0.1) is 12.3 Å². The molecule has 170 valence electrons. The predicted molar refractivity (Wildman–Crippen MR) is 143 cm³/mol. The first kappa shape index (κ1) is 21.3. The van der Waals surface area contributed by atoms with Crippen LogP contribution < -0.4 is 0 Å². The smallest absolute Gasteiger partial charge is 0.283 e. The van der Waals surface area contributed by atoms with Crippen molar-refractivity contribution in [3.63, 3.8) is 0 Å². The van der Waals surface area contributed by atoms with E-state index in [1.165, 1.54) is 22.3 Å². The lowest BCUT2D eigenvalue weighted by Crippen LogP contribution is -2.35. The summed E-state index contributed by atoms with van der Waals surface area (Å²) < 4.78 is 2.17. The van der Waals surface area contributed by atoms with Crippen LogP contribution in [0.4, 0.5) is 0 Å². The van der Waals surface area contributed by atoms with Crippen molar-refractivity contribution in [3.8, 4) is 0 Å². The van der Waals surface area contributed by atoms with Crippen LogP contribution in [0.1, 0.15) is 22.3 Å². The number of hydrogen-bond acceptors (Lipinski definition) is 4. The molecule has 2 aliphatic rings. The molecule has 0 fully saturated rings. The van der Waals surface area contributed by atoms with Gasteiger partial charge >= 0.3 is 0 Å². The van der Waals surface area contributed by atoms with Crippen LogP contribution in [-0.4, -0.2) is 31.5 Å². The molecule has 0 atom stereocenters. The van der Waals surface area contributed by atoms with Gasteiger partial charge in [-0.25, -0.2) is 0 Å². The molecule has 0 saturated heterocycles. The minimum atomic E-state index is -0.422. The number of nitrogens with one attached hydrogen (secondary N) is 1. The summed E-state index contributed by atoms with van der Waals surface area (Å²) in [4.78, 5) is 17.2. The van der Waals surface area contributed by atoms with Crippen molar-refractivity contribution in [2.75, 3.05) is 0 Å². The van der Waals surface area contributed by atoms with Crippen LogP contribution in [0.2, 0.25) is 0 Å². The van der Waals surface area contributed by atoms with Gasteiger partial charge in [0.2, 0.25) is 5.17 Å². The molecule has 1 N–H and O–H groups in total. The van der Waals surface area contributed by atoms with Gasteiger partial charge in [0.05, 0.1) is 5.57 Å². The highest BCUT2D eigenvalue weighted by molar-refractivity contribution is 8.27. The molecule has 0 saturated carbocycles. The zero-order chi connectivity index (χ0) is 23.9. The van der Waals surface area contributed by atoms with Gasteiger partial charge in [0.1, 0.15) is 5.04 Å². The number of nitrogens with zero attached hydrogens (tertiary/aromatic N) is 4. The van der Waals surface area contributed by atoms with E-state index >= 15 is 0 Å². The summed E-state index contributed by atoms with van der Waals surface area (Å²) in [6.45, 7) is 2.74. The highest BCUT2D eigenvalue weighted by atomic mass is 32.2. The first-order chi connectivity index (χ1) is 17.1. The maximum absolute atomic E-state index is 13.0. The second-order valence-electron chi connectivity index (χ2n) is 8.51. The Hall–Kier alpha value is -4.23. The van der Waals surface area contributed by atoms with Crippen molar-refractivity contribution in [3.05, 3.63) is 113 Å². The largest absolute Gasteiger partial charge is 0.342 e. The van der Waals surface area contributed by atoms with Gasteiger partial charge in [0, 0.05) is 34.8 Å². The van der Waals surface area contributed by atoms with E-state index in [-0.39, 0.29) is 11.4 Å². The van der Waals surface area contributed by atoms with Crippen LogP contribution in [0.25, 0.3) is 17.0 Å². The van der Waals surface area contributed by atoms with E-state index in [1.54, 1.807) is 6.08 Å². The van der Waals surface area contributed by atoms with Gasteiger partial charge in [-0.15, -0.1) is 0 Å². The minimum Gasteiger partial charge on any atom is -0.342 e. The van der Waals surface area contributed by atoms with Gasteiger partial charge in [-0.05, 0) is 36.4 Å². The minimum absolute atomic E-state index is 0.0366. The number of amides is 1. The molecule has 4 aromatic rings. The Kier molecular flexibility index (Phi) is 5.19. The number of hydrazone groups is 1. The summed E-state index contributed by atoms with van der Waals surface area (Å²) in [5, 5.41) is 17.0. The summed E-state index contributed by atoms with van der Waals surface area (Å²) in [5.41, 5.74) is 5.46. The van der Waals surface area contributed by atoms with Crippen molar-refractivity contribution < 1.29 is 4.79 Å². The third-order valence-corrected chi connectivity index (χ3v) is 7.03. The summed E-state index contributed by atoms with van der Waals surface area (Å²) in [5.74, 6) is -0.386. The number of aryl methyl sites for hydroxylation is 1. The van der Waals surface area contributed by atoms with Crippen molar-refractivity contribution in [1.82, 2.24) is 9.58 Å². The number of fused-ring (bicyclic) bond motifs is 2. The highest BCUT2D eigenvalue weighted by Crippen LogP contribution is 2.32. The fourth-order valence-corrected chi connectivity index (χ4v) is 5.16. The third-order valence-electron chi connectivity index (χ3n) is 6.07. The number of hydrogen-bond donors (Lipinski definition) is 1. The zero-order valence-electron chi connectivity index (χ0n) is 19.0. The van der Waals surface area contributed by atoms with Gasteiger partial charge < -0.3 is 4.57 Å². The fourth-order valence-electron chi connectivity index (χ4n) is 4.26. The summed E-state index contributed by atoms with van der Waals surface area (Å²) in [6, 6.07) is 26.4. The molecule has 0 radical (unpaired) electrons. The molecule has 6 rings (SSSR count). The molecule has 0 bridgehead atoms. The second kappa shape index (κ2) is 8.52. The van der Waals surface area contributed by atoms with Crippen molar-refractivity contribution >= 4 is 50.7 Å². The van der Waals surface area contributed by atoms with Gasteiger partial charge in [0.15, 0.2) is 5.84 Å². The summed E-state index contributed by atoms with van der Waals surface area (Å²) in [6.07, 6.45) is 3.79. The fraction of sp³-hybridized carbons (Fsp3) is 0.0714. The second-order valence-corrected chi connectivity index (χ2v) is 9.46. The van der Waals surface area contributed by atoms with E-state index in [1.807, 2.05) is 73.8 Å². The van der Waals surface area contributed by atoms with Gasteiger partial charge in [0.25, 0.3) is 5.91 Å². The molecule has 0 aliphatic carbocycles. The molecule has 0 unspecified atom stereocenters. The molecule has 7 heteroatoms. The summed E-state index contributed by atoms with van der Waals surface area (Å²) >= 11 is 1.31. The molecular formula is C28H21N5OS. The normalized spacial score (nSPS) is 16.6. The molecule has 1 amide bonds. The molecular weight excluding hydrogens is 454 g/mol. The predicted octanol–water partition coefficient (Wildman–Crippen LogP) is 5.67. The average molecular weight is 476 g/mol. The number of carbonyl (C=O) groups excluding carboxylic acids is 1. The first-order valence-corrected chi connectivity index (χ1v) is 12.1. The Morgan fingerprint density at radius 3 is 2.51 bits per heavy atom.